The van der Waals surface area contributed by atoms with Crippen LogP contribution in [0.5, 0.6) is 0 Å². The minimum atomic E-state index is -1.13. The molecule has 0 amide bonds. The minimum absolute atomic E-state index is 0.0186. The van der Waals surface area contributed by atoms with Crippen molar-refractivity contribution in [2.75, 3.05) is 12.4 Å². The van der Waals surface area contributed by atoms with Crippen molar-refractivity contribution < 1.29 is 24.7 Å². The third-order valence-electron chi connectivity index (χ3n) is 2.73. The molecule has 2 rings (SSSR count). The van der Waals surface area contributed by atoms with Crippen molar-refractivity contribution in [1.29, 1.82) is 0 Å². The number of nitrogens with one attached hydrogen (secondary N) is 1. The highest BCUT2D eigenvalue weighted by Crippen LogP contribution is 2.21. The normalized spacial score (nSPS) is 9.26. The van der Waals surface area contributed by atoms with Crippen LogP contribution in [0.1, 0.15) is 20.7 Å². The van der Waals surface area contributed by atoms with Gasteiger partial charge in [0.25, 0.3) is 5.69 Å². The number of rotatable bonds is 4. The molecule has 0 aliphatic carbocycles. The Morgan fingerprint density at radius 1 is 1.00 bits per heavy atom. The van der Waals surface area contributed by atoms with Gasteiger partial charge in [-0.2, -0.15) is 0 Å². The highest BCUT2D eigenvalue weighted by atomic mass is 16.6. The van der Waals surface area contributed by atoms with Crippen LogP contribution >= 0.6 is 0 Å². The highest BCUT2D eigenvalue weighted by molar-refractivity contribution is 5.93. The molecule has 0 bridgehead atoms. The van der Waals surface area contributed by atoms with Crippen LogP contribution in [-0.4, -0.2) is 34.1 Å². The summed E-state index contributed by atoms with van der Waals surface area (Å²) in [5.41, 5.74) is 0.609. The van der Waals surface area contributed by atoms with Gasteiger partial charge in [-0.15, -0.1) is 0 Å². The van der Waals surface area contributed by atoms with E-state index in [0.717, 1.165) is 6.07 Å². The number of carboxylic acids is 2. The lowest BCUT2D eigenvalue weighted by atomic mass is 10.1. The molecule has 120 valence electrons. The third kappa shape index (κ3) is 5.12. The fourth-order valence-electron chi connectivity index (χ4n) is 1.63. The van der Waals surface area contributed by atoms with Gasteiger partial charge in [-0.3, -0.25) is 10.1 Å². The summed E-state index contributed by atoms with van der Waals surface area (Å²) in [6.45, 7) is 0. The fourth-order valence-corrected chi connectivity index (χ4v) is 1.63. The summed E-state index contributed by atoms with van der Waals surface area (Å²) in [4.78, 5) is 30.7. The number of nitro benzene ring substituents is 1. The van der Waals surface area contributed by atoms with Gasteiger partial charge in [-0.1, -0.05) is 18.2 Å². The van der Waals surface area contributed by atoms with Crippen LogP contribution < -0.4 is 5.32 Å². The Balaban J connectivity index is 0.000000231. The van der Waals surface area contributed by atoms with E-state index in [9.17, 15) is 19.7 Å². The Hall–Kier alpha value is -3.42. The van der Waals surface area contributed by atoms with E-state index >= 15 is 0 Å². The average Bonchev–Trinajstić information content (AvgIpc) is 2.55. The Bertz CT molecular complexity index is 700. The van der Waals surface area contributed by atoms with Crippen molar-refractivity contribution in [3.8, 4) is 0 Å². The summed E-state index contributed by atoms with van der Waals surface area (Å²) in [6, 6.07) is 11.7. The van der Waals surface area contributed by atoms with Crippen molar-refractivity contribution in [3.63, 3.8) is 0 Å². The Morgan fingerprint density at radius 2 is 1.52 bits per heavy atom. The standard InChI is InChI=1S/C8H6O4.C7H8N2O2/c9-7(10)5-2-1-3-6(4-5)8(11)12;1-8-6-4-2-3-5-7(6)9(10)11/h1-4H,(H,9,10)(H,11,12);2-5,8H,1H3. The lowest BCUT2D eigenvalue weighted by Gasteiger charge is -1.98. The van der Waals surface area contributed by atoms with Crippen molar-refractivity contribution in [3.05, 3.63) is 69.8 Å². The molecular weight excluding hydrogens is 304 g/mol. The van der Waals surface area contributed by atoms with E-state index in [1.165, 1.54) is 24.3 Å². The number of hydrogen-bond donors (Lipinski definition) is 3. The molecule has 0 saturated heterocycles. The van der Waals surface area contributed by atoms with Crippen LogP contribution in [0, 0.1) is 10.1 Å². The van der Waals surface area contributed by atoms with Gasteiger partial charge in [-0.05, 0) is 24.3 Å². The molecule has 0 radical (unpaired) electrons. The number of carboxylic acid groups (broad SMARTS) is 2. The summed E-state index contributed by atoms with van der Waals surface area (Å²) < 4.78 is 0. The van der Waals surface area contributed by atoms with Crippen LogP contribution in [0.2, 0.25) is 0 Å². The van der Waals surface area contributed by atoms with Crippen LogP contribution in [-0.2, 0) is 0 Å². The van der Waals surface area contributed by atoms with E-state index in [4.69, 9.17) is 10.2 Å². The van der Waals surface area contributed by atoms with Gasteiger partial charge >= 0.3 is 11.9 Å². The molecule has 8 heteroatoms. The van der Waals surface area contributed by atoms with Crippen LogP contribution in [0.15, 0.2) is 48.5 Å². The summed E-state index contributed by atoms with van der Waals surface area (Å²) in [7, 11) is 1.66. The number of nitro groups is 1. The highest BCUT2D eigenvalue weighted by Gasteiger charge is 2.09. The lowest BCUT2D eigenvalue weighted by molar-refractivity contribution is -0.383. The third-order valence-corrected chi connectivity index (χ3v) is 2.73. The number of carbonyl (C=O) groups is 2. The molecule has 3 N–H and O–H groups in total. The zero-order valence-electron chi connectivity index (χ0n) is 12.1. The molecule has 0 fully saturated rings. The zero-order chi connectivity index (χ0) is 17.4. The van der Waals surface area contributed by atoms with E-state index in [-0.39, 0.29) is 16.8 Å². The van der Waals surface area contributed by atoms with Gasteiger partial charge in [0.2, 0.25) is 0 Å². The van der Waals surface area contributed by atoms with Crippen LogP contribution in [0.3, 0.4) is 0 Å². The molecule has 2 aromatic carbocycles. The predicted molar refractivity (Wildman–Crippen MR) is 83.0 cm³/mol. The van der Waals surface area contributed by atoms with Gasteiger partial charge in [0, 0.05) is 13.1 Å². The lowest BCUT2D eigenvalue weighted by Crippen LogP contribution is -2.01. The average molecular weight is 318 g/mol. The van der Waals surface area contributed by atoms with Gasteiger partial charge in [0.1, 0.15) is 5.69 Å². The molecule has 0 aliphatic heterocycles. The van der Waals surface area contributed by atoms with E-state index in [1.54, 1.807) is 25.2 Å². The molecule has 8 nitrogen and oxygen atoms in total. The molecule has 23 heavy (non-hydrogen) atoms. The maximum absolute atomic E-state index is 10.4. The fraction of sp³-hybridized carbons (Fsp3) is 0.0667. The van der Waals surface area contributed by atoms with Gasteiger partial charge in [0.05, 0.1) is 16.1 Å². The Morgan fingerprint density at radius 3 is 1.91 bits per heavy atom. The van der Waals surface area contributed by atoms with Gasteiger partial charge in [0.15, 0.2) is 0 Å². The van der Waals surface area contributed by atoms with Crippen molar-refractivity contribution in [1.82, 2.24) is 0 Å². The van der Waals surface area contributed by atoms with Crippen LogP contribution in [0.25, 0.3) is 0 Å². The van der Waals surface area contributed by atoms with Crippen molar-refractivity contribution in [2.24, 2.45) is 0 Å². The van der Waals surface area contributed by atoms with Crippen molar-refractivity contribution >= 4 is 23.3 Å². The number of benzene rings is 2. The molecule has 0 atom stereocenters. The summed E-state index contributed by atoms with van der Waals surface area (Å²) in [6.07, 6.45) is 0. The van der Waals surface area contributed by atoms with Crippen molar-refractivity contribution in [2.45, 2.75) is 0 Å². The molecule has 0 aliphatic rings. The Kier molecular flexibility index (Phi) is 6.23. The topological polar surface area (TPSA) is 130 Å². The smallest absolute Gasteiger partial charge is 0.335 e. The first-order valence-electron chi connectivity index (χ1n) is 6.34. The van der Waals surface area contributed by atoms with E-state index < -0.39 is 16.9 Å². The van der Waals surface area contributed by atoms with Crippen LogP contribution in [0.4, 0.5) is 11.4 Å². The Labute approximate surface area is 131 Å². The van der Waals surface area contributed by atoms with E-state index in [1.807, 2.05) is 0 Å². The molecule has 0 heterocycles. The monoisotopic (exact) mass is 318 g/mol. The number of anilines is 1. The second-order valence-corrected chi connectivity index (χ2v) is 4.22. The maximum atomic E-state index is 10.4. The number of nitrogens with zero attached hydrogens (tertiary/aromatic N) is 1. The summed E-state index contributed by atoms with van der Waals surface area (Å²) in [5, 5.41) is 30.1. The van der Waals surface area contributed by atoms with E-state index in [2.05, 4.69) is 5.32 Å². The first-order valence-corrected chi connectivity index (χ1v) is 6.34. The molecule has 0 unspecified atom stereocenters. The summed E-state index contributed by atoms with van der Waals surface area (Å²) in [5.74, 6) is -2.25. The minimum Gasteiger partial charge on any atom is -0.478 e. The number of hydrogen-bond acceptors (Lipinski definition) is 5. The molecule has 2 aromatic rings. The maximum Gasteiger partial charge on any atom is 0.335 e. The number of aromatic carboxylic acids is 2. The summed E-state index contributed by atoms with van der Waals surface area (Å²) >= 11 is 0. The van der Waals surface area contributed by atoms with Gasteiger partial charge < -0.3 is 15.5 Å². The largest absolute Gasteiger partial charge is 0.478 e. The van der Waals surface area contributed by atoms with E-state index in [0.29, 0.717) is 5.69 Å². The second kappa shape index (κ2) is 8.13. The SMILES string of the molecule is CNc1ccccc1[N+](=O)[O-].O=C(O)c1cccc(C(=O)O)c1. The first-order chi connectivity index (χ1) is 10.9. The molecule has 0 aromatic heterocycles. The molecular formula is C15H14N2O6. The molecule has 0 saturated carbocycles. The quantitative estimate of drug-likeness (QED) is 0.583. The zero-order valence-corrected chi connectivity index (χ0v) is 12.1. The first kappa shape index (κ1) is 17.6. The predicted octanol–water partition coefficient (Wildman–Crippen LogP) is 2.72. The molecule has 0 spiro atoms. The number of para-hydroxylation sites is 2. The van der Waals surface area contributed by atoms with Gasteiger partial charge in [-0.25, -0.2) is 9.59 Å². The second-order valence-electron chi connectivity index (χ2n) is 4.22.